The Hall–Kier alpha value is -2.24. The third kappa shape index (κ3) is 3.75. The van der Waals surface area contributed by atoms with E-state index in [4.69, 9.17) is 0 Å². The quantitative estimate of drug-likeness (QED) is 0.723. The van der Waals surface area contributed by atoms with Crippen LogP contribution < -0.4 is 0 Å². The lowest BCUT2D eigenvalue weighted by Crippen LogP contribution is -2.29. The van der Waals surface area contributed by atoms with E-state index in [9.17, 15) is 8.42 Å². The summed E-state index contributed by atoms with van der Waals surface area (Å²) in [6.45, 7) is 0.688. The summed E-state index contributed by atoms with van der Waals surface area (Å²) in [5.41, 5.74) is 1.92. The van der Waals surface area contributed by atoms with Crippen LogP contribution in [0.5, 0.6) is 0 Å². The SMILES string of the molecule is CS(=O)(=O)N(Cc1ccncc1)Cc1cccc2ccccc12. The van der Waals surface area contributed by atoms with Crippen molar-refractivity contribution in [3.05, 3.63) is 78.1 Å². The average Bonchev–Trinajstić information content (AvgIpc) is 2.55. The van der Waals surface area contributed by atoms with E-state index in [1.165, 1.54) is 10.6 Å². The minimum absolute atomic E-state index is 0.338. The van der Waals surface area contributed by atoms with Crippen molar-refractivity contribution in [1.82, 2.24) is 9.29 Å². The number of nitrogens with zero attached hydrogens (tertiary/aromatic N) is 2. The number of benzene rings is 2. The molecule has 118 valence electrons. The van der Waals surface area contributed by atoms with Gasteiger partial charge in [-0.05, 0) is 34.0 Å². The first-order valence-corrected chi connectivity index (χ1v) is 9.19. The third-order valence-electron chi connectivity index (χ3n) is 3.80. The van der Waals surface area contributed by atoms with Crippen LogP contribution in [0.1, 0.15) is 11.1 Å². The van der Waals surface area contributed by atoms with E-state index < -0.39 is 10.0 Å². The van der Waals surface area contributed by atoms with Crippen LogP contribution in [0.15, 0.2) is 67.0 Å². The summed E-state index contributed by atoms with van der Waals surface area (Å²) < 4.78 is 25.9. The van der Waals surface area contributed by atoms with Crippen molar-refractivity contribution in [2.75, 3.05) is 6.26 Å². The molecule has 1 heterocycles. The van der Waals surface area contributed by atoms with Crippen LogP contribution in [0, 0.1) is 0 Å². The molecule has 0 fully saturated rings. The van der Waals surface area contributed by atoms with Gasteiger partial charge in [-0.1, -0.05) is 42.5 Å². The van der Waals surface area contributed by atoms with E-state index in [-0.39, 0.29) is 0 Å². The Morgan fingerprint density at radius 3 is 2.35 bits per heavy atom. The van der Waals surface area contributed by atoms with Gasteiger partial charge in [-0.25, -0.2) is 8.42 Å². The van der Waals surface area contributed by atoms with Gasteiger partial charge in [0.1, 0.15) is 0 Å². The van der Waals surface area contributed by atoms with Crippen LogP contribution in [-0.4, -0.2) is 24.0 Å². The normalized spacial score (nSPS) is 11.9. The van der Waals surface area contributed by atoms with Gasteiger partial charge in [0, 0.05) is 25.5 Å². The summed E-state index contributed by atoms with van der Waals surface area (Å²) in [6, 6.07) is 17.7. The highest BCUT2D eigenvalue weighted by molar-refractivity contribution is 7.88. The molecule has 0 aliphatic rings. The van der Waals surface area contributed by atoms with Crippen LogP contribution >= 0.6 is 0 Å². The van der Waals surface area contributed by atoms with Crippen molar-refractivity contribution >= 4 is 20.8 Å². The van der Waals surface area contributed by atoms with Crippen molar-refractivity contribution < 1.29 is 8.42 Å². The molecule has 0 spiro atoms. The fraction of sp³-hybridized carbons (Fsp3) is 0.167. The first kappa shape index (κ1) is 15.6. The van der Waals surface area contributed by atoms with Gasteiger partial charge in [-0.15, -0.1) is 0 Å². The fourth-order valence-corrected chi connectivity index (χ4v) is 3.36. The summed E-state index contributed by atoms with van der Waals surface area (Å²) >= 11 is 0. The van der Waals surface area contributed by atoms with Crippen LogP contribution in [0.4, 0.5) is 0 Å². The van der Waals surface area contributed by atoms with Crippen molar-refractivity contribution in [2.24, 2.45) is 0 Å². The number of sulfonamides is 1. The molecule has 3 rings (SSSR count). The lowest BCUT2D eigenvalue weighted by atomic mass is 10.0. The number of hydrogen-bond donors (Lipinski definition) is 0. The lowest BCUT2D eigenvalue weighted by molar-refractivity contribution is 0.406. The molecule has 0 aliphatic carbocycles. The summed E-state index contributed by atoms with van der Waals surface area (Å²) in [7, 11) is -3.32. The van der Waals surface area contributed by atoms with E-state index in [1.54, 1.807) is 12.4 Å². The van der Waals surface area contributed by atoms with E-state index in [0.717, 1.165) is 21.9 Å². The van der Waals surface area contributed by atoms with E-state index in [1.807, 2.05) is 54.6 Å². The molecule has 0 saturated carbocycles. The van der Waals surface area contributed by atoms with Gasteiger partial charge in [-0.2, -0.15) is 4.31 Å². The zero-order chi connectivity index (χ0) is 16.3. The molecule has 0 bridgehead atoms. The molecule has 3 aromatic rings. The molecule has 0 radical (unpaired) electrons. The first-order chi connectivity index (χ1) is 11.0. The van der Waals surface area contributed by atoms with Crippen molar-refractivity contribution in [3.63, 3.8) is 0 Å². The van der Waals surface area contributed by atoms with Gasteiger partial charge in [0.15, 0.2) is 0 Å². The van der Waals surface area contributed by atoms with E-state index in [0.29, 0.717) is 13.1 Å². The molecule has 23 heavy (non-hydrogen) atoms. The number of aromatic nitrogens is 1. The van der Waals surface area contributed by atoms with Crippen LogP contribution in [-0.2, 0) is 23.1 Å². The highest BCUT2D eigenvalue weighted by Crippen LogP contribution is 2.22. The topological polar surface area (TPSA) is 50.3 Å². The van der Waals surface area contributed by atoms with E-state index in [2.05, 4.69) is 4.98 Å². The standard InChI is InChI=1S/C18H18N2O2S/c1-23(21,22)20(13-15-9-11-19-12-10-15)14-17-7-4-6-16-5-2-3-8-18(16)17/h2-12H,13-14H2,1H3. The van der Waals surface area contributed by atoms with Crippen molar-refractivity contribution in [3.8, 4) is 0 Å². The molecular weight excluding hydrogens is 308 g/mol. The van der Waals surface area contributed by atoms with Gasteiger partial charge in [0.05, 0.1) is 6.26 Å². The molecule has 2 aromatic carbocycles. The Balaban J connectivity index is 1.95. The molecule has 5 heteroatoms. The molecule has 1 aromatic heterocycles. The molecule has 0 N–H and O–H groups in total. The van der Waals surface area contributed by atoms with Gasteiger partial charge in [-0.3, -0.25) is 4.98 Å². The highest BCUT2D eigenvalue weighted by atomic mass is 32.2. The minimum atomic E-state index is -3.32. The van der Waals surface area contributed by atoms with Gasteiger partial charge >= 0.3 is 0 Å². The molecule has 0 aliphatic heterocycles. The Kier molecular flexibility index (Phi) is 4.41. The summed E-state index contributed by atoms with van der Waals surface area (Å²) in [5, 5.41) is 2.20. The maximum absolute atomic E-state index is 12.2. The smallest absolute Gasteiger partial charge is 0.211 e. The maximum Gasteiger partial charge on any atom is 0.211 e. The number of pyridine rings is 1. The Bertz CT molecular complexity index is 903. The zero-order valence-corrected chi connectivity index (χ0v) is 13.7. The summed E-state index contributed by atoms with van der Waals surface area (Å²) in [6.07, 6.45) is 4.60. The van der Waals surface area contributed by atoms with Crippen molar-refractivity contribution in [2.45, 2.75) is 13.1 Å². The summed E-state index contributed by atoms with van der Waals surface area (Å²) in [4.78, 5) is 3.97. The molecule has 0 amide bonds. The Labute approximate surface area is 136 Å². The monoisotopic (exact) mass is 326 g/mol. The Morgan fingerprint density at radius 2 is 1.61 bits per heavy atom. The molecule has 0 atom stereocenters. The predicted molar refractivity (Wildman–Crippen MR) is 92.3 cm³/mol. The average molecular weight is 326 g/mol. The fourth-order valence-electron chi connectivity index (χ4n) is 2.60. The third-order valence-corrected chi connectivity index (χ3v) is 5.00. The van der Waals surface area contributed by atoms with Gasteiger partial charge in [0.2, 0.25) is 10.0 Å². The van der Waals surface area contributed by atoms with E-state index >= 15 is 0 Å². The van der Waals surface area contributed by atoms with Gasteiger partial charge < -0.3 is 0 Å². The predicted octanol–water partition coefficient (Wildman–Crippen LogP) is 3.20. The molecular formula is C18H18N2O2S. The largest absolute Gasteiger partial charge is 0.265 e. The molecule has 0 saturated heterocycles. The second-order valence-electron chi connectivity index (χ2n) is 5.52. The maximum atomic E-state index is 12.2. The van der Waals surface area contributed by atoms with Crippen LogP contribution in [0.25, 0.3) is 10.8 Å². The van der Waals surface area contributed by atoms with Crippen LogP contribution in [0.2, 0.25) is 0 Å². The van der Waals surface area contributed by atoms with Crippen LogP contribution in [0.3, 0.4) is 0 Å². The van der Waals surface area contributed by atoms with Gasteiger partial charge in [0.25, 0.3) is 0 Å². The highest BCUT2D eigenvalue weighted by Gasteiger charge is 2.18. The second-order valence-corrected chi connectivity index (χ2v) is 7.51. The molecule has 0 unspecified atom stereocenters. The molecule has 4 nitrogen and oxygen atoms in total. The number of rotatable bonds is 5. The summed E-state index contributed by atoms with van der Waals surface area (Å²) in [5.74, 6) is 0. The lowest BCUT2D eigenvalue weighted by Gasteiger charge is -2.21. The Morgan fingerprint density at radius 1 is 0.913 bits per heavy atom. The zero-order valence-electron chi connectivity index (χ0n) is 12.9. The number of hydrogen-bond acceptors (Lipinski definition) is 3. The second kappa shape index (κ2) is 6.48. The minimum Gasteiger partial charge on any atom is -0.265 e. The first-order valence-electron chi connectivity index (χ1n) is 7.35. The van der Waals surface area contributed by atoms with Crippen molar-refractivity contribution in [1.29, 1.82) is 0 Å². The number of fused-ring (bicyclic) bond motifs is 1.